The summed E-state index contributed by atoms with van der Waals surface area (Å²) in [5, 5.41) is 12.0. The van der Waals surface area contributed by atoms with Crippen molar-refractivity contribution in [1.29, 1.82) is 5.26 Å². The number of nitrogens with one attached hydrogen (secondary N) is 1. The molecule has 1 heterocycles. The molecule has 0 saturated carbocycles. The largest absolute Gasteiger partial charge is 0.301 e. The number of hydrogen-bond donors (Lipinski definition) is 1. The van der Waals surface area contributed by atoms with E-state index in [1.807, 2.05) is 0 Å². The van der Waals surface area contributed by atoms with E-state index >= 15 is 0 Å². The lowest BCUT2D eigenvalue weighted by molar-refractivity contribution is -0.115. The topological polar surface area (TPSA) is 65.8 Å². The highest BCUT2D eigenvalue weighted by atomic mass is 35.5. The number of amides is 1. The molecule has 1 N–H and O–H groups in total. The second kappa shape index (κ2) is 4.47. The second-order valence-corrected chi connectivity index (χ2v) is 4.48. The Labute approximate surface area is 100 Å². The maximum Gasteiger partial charge on any atom is 0.240 e. The van der Waals surface area contributed by atoms with Crippen LogP contribution < -0.4 is 5.32 Å². The first-order valence-corrected chi connectivity index (χ1v) is 5.61. The third kappa shape index (κ3) is 2.30. The number of carbonyl (C=O) groups excluding carboxylic acids is 1. The molecule has 0 aliphatic rings. The Kier molecular flexibility index (Phi) is 3.04. The van der Waals surface area contributed by atoms with Crippen molar-refractivity contribution >= 4 is 44.2 Å². The van der Waals surface area contributed by atoms with Gasteiger partial charge in [-0.1, -0.05) is 22.9 Å². The Hall–Kier alpha value is -1.64. The second-order valence-electron chi connectivity index (χ2n) is 3.01. The summed E-state index contributed by atoms with van der Waals surface area (Å²) in [6.07, 6.45) is -0.170. The van der Waals surface area contributed by atoms with E-state index in [4.69, 9.17) is 16.9 Å². The van der Waals surface area contributed by atoms with Gasteiger partial charge < -0.3 is 5.32 Å². The smallest absolute Gasteiger partial charge is 0.240 e. The van der Waals surface area contributed by atoms with Crippen molar-refractivity contribution in [1.82, 2.24) is 4.98 Å². The molecule has 4 nitrogen and oxygen atoms in total. The van der Waals surface area contributed by atoms with Crippen molar-refractivity contribution < 1.29 is 4.79 Å². The molecule has 1 aromatic heterocycles. The van der Waals surface area contributed by atoms with Crippen molar-refractivity contribution in [3.63, 3.8) is 0 Å². The van der Waals surface area contributed by atoms with Crippen LogP contribution in [-0.4, -0.2) is 10.9 Å². The molecule has 0 aliphatic heterocycles. The zero-order valence-electron chi connectivity index (χ0n) is 8.03. The summed E-state index contributed by atoms with van der Waals surface area (Å²) in [5.41, 5.74) is 0.779. The number of fused-ring (bicyclic) bond motifs is 1. The number of thiazole rings is 1. The van der Waals surface area contributed by atoms with Gasteiger partial charge in [-0.3, -0.25) is 4.79 Å². The van der Waals surface area contributed by atoms with Crippen molar-refractivity contribution in [3.05, 3.63) is 23.2 Å². The lowest BCUT2D eigenvalue weighted by Gasteiger charge is -1.94. The zero-order chi connectivity index (χ0) is 11.5. The summed E-state index contributed by atoms with van der Waals surface area (Å²) in [6.45, 7) is 0. The molecule has 2 aromatic rings. The van der Waals surface area contributed by atoms with Gasteiger partial charge in [-0.05, 0) is 18.2 Å². The van der Waals surface area contributed by atoms with Crippen molar-refractivity contribution in [2.75, 3.05) is 5.32 Å². The van der Waals surface area contributed by atoms with Gasteiger partial charge in [-0.15, -0.1) is 0 Å². The first kappa shape index (κ1) is 10.9. The van der Waals surface area contributed by atoms with Gasteiger partial charge in [-0.2, -0.15) is 5.26 Å². The highest BCUT2D eigenvalue weighted by molar-refractivity contribution is 7.22. The van der Waals surface area contributed by atoms with E-state index in [1.165, 1.54) is 11.3 Å². The normalized spacial score (nSPS) is 10.0. The summed E-state index contributed by atoms with van der Waals surface area (Å²) in [7, 11) is 0. The molecule has 0 saturated heterocycles. The first-order valence-electron chi connectivity index (χ1n) is 4.42. The Morgan fingerprint density at radius 1 is 1.62 bits per heavy atom. The van der Waals surface area contributed by atoms with Crippen LogP contribution in [0.2, 0.25) is 5.02 Å². The number of rotatable bonds is 2. The van der Waals surface area contributed by atoms with E-state index in [0.717, 1.165) is 10.2 Å². The fourth-order valence-electron chi connectivity index (χ4n) is 1.19. The van der Waals surface area contributed by atoms with Crippen molar-refractivity contribution in [2.24, 2.45) is 0 Å². The summed E-state index contributed by atoms with van der Waals surface area (Å²) >= 11 is 7.16. The van der Waals surface area contributed by atoms with E-state index < -0.39 is 0 Å². The summed E-state index contributed by atoms with van der Waals surface area (Å²) in [5.74, 6) is -0.354. The monoisotopic (exact) mass is 251 g/mol. The van der Waals surface area contributed by atoms with Crippen molar-refractivity contribution in [2.45, 2.75) is 6.42 Å². The molecule has 0 spiro atoms. The Bertz CT molecular complexity index is 587. The average molecular weight is 252 g/mol. The molecule has 80 valence electrons. The summed E-state index contributed by atoms with van der Waals surface area (Å²) in [4.78, 5) is 15.4. The van der Waals surface area contributed by atoms with Crippen LogP contribution in [0.1, 0.15) is 6.42 Å². The maximum absolute atomic E-state index is 11.2. The molecule has 0 bridgehead atoms. The maximum atomic E-state index is 11.2. The van der Waals surface area contributed by atoms with Crippen LogP contribution in [0.5, 0.6) is 0 Å². The SMILES string of the molecule is N#CCC(=O)Nc1nc2ccc(Cl)cc2s1. The molecule has 1 amide bonds. The van der Waals surface area contributed by atoms with E-state index in [-0.39, 0.29) is 12.3 Å². The average Bonchev–Trinajstić information content (AvgIpc) is 2.59. The van der Waals surface area contributed by atoms with Gasteiger partial charge in [0.05, 0.1) is 16.3 Å². The highest BCUT2D eigenvalue weighted by Crippen LogP contribution is 2.28. The molecule has 0 aliphatic carbocycles. The van der Waals surface area contributed by atoms with Crippen LogP contribution in [0.3, 0.4) is 0 Å². The fourth-order valence-corrected chi connectivity index (χ4v) is 2.35. The lowest BCUT2D eigenvalue weighted by atomic mass is 10.3. The van der Waals surface area contributed by atoms with Gasteiger partial charge in [0.1, 0.15) is 6.42 Å². The Balaban J connectivity index is 2.27. The Morgan fingerprint density at radius 2 is 2.44 bits per heavy atom. The number of benzene rings is 1. The molecule has 0 radical (unpaired) electrons. The lowest BCUT2D eigenvalue weighted by Crippen LogP contribution is -2.09. The van der Waals surface area contributed by atoms with Crippen LogP contribution in [-0.2, 0) is 4.79 Å². The molecule has 0 fully saturated rings. The Morgan fingerprint density at radius 3 is 3.19 bits per heavy atom. The molecule has 0 unspecified atom stereocenters. The van der Waals surface area contributed by atoms with Crippen LogP contribution in [0.15, 0.2) is 18.2 Å². The predicted molar refractivity (Wildman–Crippen MR) is 63.5 cm³/mol. The number of anilines is 1. The first-order chi connectivity index (χ1) is 7.69. The molecular formula is C10H6ClN3OS. The van der Waals surface area contributed by atoms with Crippen molar-refractivity contribution in [3.8, 4) is 6.07 Å². The van der Waals surface area contributed by atoms with Gasteiger partial charge in [0, 0.05) is 5.02 Å². The van der Waals surface area contributed by atoms with Gasteiger partial charge >= 0.3 is 0 Å². The number of aromatic nitrogens is 1. The molecule has 1 aromatic carbocycles. The zero-order valence-corrected chi connectivity index (χ0v) is 9.60. The minimum absolute atomic E-state index is 0.170. The van der Waals surface area contributed by atoms with Gasteiger partial charge in [0.2, 0.25) is 5.91 Å². The molecular weight excluding hydrogens is 246 g/mol. The van der Waals surface area contributed by atoms with Crippen LogP contribution in [0.25, 0.3) is 10.2 Å². The van der Waals surface area contributed by atoms with Crippen LogP contribution in [0.4, 0.5) is 5.13 Å². The van der Waals surface area contributed by atoms with Crippen LogP contribution in [0, 0.1) is 11.3 Å². The molecule has 2 rings (SSSR count). The predicted octanol–water partition coefficient (Wildman–Crippen LogP) is 2.80. The van der Waals surface area contributed by atoms with E-state index in [0.29, 0.717) is 10.2 Å². The number of hydrogen-bond acceptors (Lipinski definition) is 4. The summed E-state index contributed by atoms with van der Waals surface area (Å²) in [6, 6.07) is 7.09. The van der Waals surface area contributed by atoms with Gasteiger partial charge in [0.15, 0.2) is 5.13 Å². The molecule has 6 heteroatoms. The highest BCUT2D eigenvalue weighted by Gasteiger charge is 2.07. The molecule has 0 atom stereocenters. The third-order valence-corrected chi connectivity index (χ3v) is 3.01. The number of nitriles is 1. The molecule has 16 heavy (non-hydrogen) atoms. The van der Waals surface area contributed by atoms with Gasteiger partial charge in [-0.25, -0.2) is 4.98 Å². The number of carbonyl (C=O) groups is 1. The minimum Gasteiger partial charge on any atom is -0.301 e. The third-order valence-electron chi connectivity index (χ3n) is 1.84. The van der Waals surface area contributed by atoms with E-state index in [2.05, 4.69) is 10.3 Å². The van der Waals surface area contributed by atoms with E-state index in [9.17, 15) is 4.79 Å². The fraction of sp³-hybridized carbons (Fsp3) is 0.100. The quantitative estimate of drug-likeness (QED) is 0.893. The minimum atomic E-state index is -0.354. The number of nitrogens with zero attached hydrogens (tertiary/aromatic N) is 2. The number of halogens is 1. The van der Waals surface area contributed by atoms with Crippen LogP contribution >= 0.6 is 22.9 Å². The van der Waals surface area contributed by atoms with E-state index in [1.54, 1.807) is 24.3 Å². The standard InChI is InChI=1S/C10H6ClN3OS/c11-6-1-2-7-8(5-6)16-10(13-7)14-9(15)3-4-12/h1-2,5H,3H2,(H,13,14,15). The summed E-state index contributed by atoms with van der Waals surface area (Å²) < 4.78 is 0.903. The van der Waals surface area contributed by atoms with Gasteiger partial charge in [0.25, 0.3) is 0 Å².